The maximum atomic E-state index is 14.4. The molecule has 0 saturated carbocycles. The number of benzene rings is 2. The van der Waals surface area contributed by atoms with Crippen LogP contribution in [0.2, 0.25) is 0 Å². The van der Waals surface area contributed by atoms with Crippen LogP contribution < -0.4 is 5.32 Å². The molecule has 1 aliphatic heterocycles. The molecule has 5 rings (SSSR count). The summed E-state index contributed by atoms with van der Waals surface area (Å²) in [7, 11) is 1.22. The highest BCUT2D eigenvalue weighted by molar-refractivity contribution is 5.90. The average Bonchev–Trinajstić information content (AvgIpc) is 3.20. The first-order valence-corrected chi connectivity index (χ1v) is 9.74. The first kappa shape index (κ1) is 18.9. The lowest BCUT2D eigenvalue weighted by Crippen LogP contribution is -2.07. The molecule has 4 aromatic rings. The predicted molar refractivity (Wildman–Crippen MR) is 115 cm³/mol. The SMILES string of the molecule is COC(=O)c1ccc(-c2ccc3nnn(Cc4ccc5c(c4)C=CCN5)c3n2)cc1F. The number of aromatic nitrogens is 4. The molecule has 0 aliphatic carbocycles. The number of nitrogens with one attached hydrogen (secondary N) is 1. The van der Waals surface area contributed by atoms with Crippen LogP contribution >= 0.6 is 0 Å². The number of hydrogen-bond acceptors (Lipinski definition) is 6. The van der Waals surface area contributed by atoms with Crippen LogP contribution in [0.4, 0.5) is 10.1 Å². The lowest BCUT2D eigenvalue weighted by atomic mass is 10.1. The summed E-state index contributed by atoms with van der Waals surface area (Å²) in [6.07, 6.45) is 4.17. The van der Waals surface area contributed by atoms with Crippen molar-refractivity contribution < 1.29 is 13.9 Å². The van der Waals surface area contributed by atoms with E-state index < -0.39 is 11.8 Å². The number of pyridine rings is 1. The van der Waals surface area contributed by atoms with E-state index in [1.165, 1.54) is 19.2 Å². The van der Waals surface area contributed by atoms with Gasteiger partial charge in [-0.1, -0.05) is 29.5 Å². The van der Waals surface area contributed by atoms with E-state index in [4.69, 9.17) is 0 Å². The third-order valence-corrected chi connectivity index (χ3v) is 5.19. The minimum absolute atomic E-state index is 0.116. The summed E-state index contributed by atoms with van der Waals surface area (Å²) < 4.78 is 20.7. The molecule has 1 N–H and O–H groups in total. The fourth-order valence-electron chi connectivity index (χ4n) is 3.61. The summed E-state index contributed by atoms with van der Waals surface area (Å²) in [6, 6.07) is 14.1. The Morgan fingerprint density at radius 3 is 2.94 bits per heavy atom. The van der Waals surface area contributed by atoms with E-state index in [-0.39, 0.29) is 5.56 Å². The van der Waals surface area contributed by atoms with Crippen molar-refractivity contribution in [1.29, 1.82) is 0 Å². The van der Waals surface area contributed by atoms with Crippen LogP contribution in [0, 0.1) is 5.82 Å². The Bertz CT molecular complexity index is 1350. The summed E-state index contributed by atoms with van der Waals surface area (Å²) in [5, 5.41) is 11.8. The number of esters is 1. The topological polar surface area (TPSA) is 81.9 Å². The lowest BCUT2D eigenvalue weighted by Gasteiger charge is -2.14. The van der Waals surface area contributed by atoms with Gasteiger partial charge >= 0.3 is 5.97 Å². The third-order valence-electron chi connectivity index (χ3n) is 5.19. The molecule has 0 radical (unpaired) electrons. The Labute approximate surface area is 177 Å². The van der Waals surface area contributed by atoms with Gasteiger partial charge in [-0.15, -0.1) is 5.10 Å². The van der Waals surface area contributed by atoms with Crippen molar-refractivity contribution in [3.63, 3.8) is 0 Å². The molecule has 2 aromatic carbocycles. The van der Waals surface area contributed by atoms with Crippen molar-refractivity contribution in [2.45, 2.75) is 6.54 Å². The molecule has 0 atom stereocenters. The van der Waals surface area contributed by atoms with Crippen LogP contribution in [0.5, 0.6) is 0 Å². The Morgan fingerprint density at radius 2 is 2.10 bits per heavy atom. The summed E-state index contributed by atoms with van der Waals surface area (Å²) in [6.45, 7) is 1.33. The number of methoxy groups -OCH3 is 1. The molecule has 0 saturated heterocycles. The van der Waals surface area contributed by atoms with Crippen molar-refractivity contribution in [2.75, 3.05) is 19.0 Å². The number of hydrogen-bond donors (Lipinski definition) is 1. The van der Waals surface area contributed by atoms with Crippen LogP contribution in [0.25, 0.3) is 28.5 Å². The van der Waals surface area contributed by atoms with Gasteiger partial charge in [-0.2, -0.15) is 0 Å². The van der Waals surface area contributed by atoms with Gasteiger partial charge in [-0.25, -0.2) is 18.9 Å². The van der Waals surface area contributed by atoms with Crippen LogP contribution in [-0.4, -0.2) is 39.6 Å². The zero-order chi connectivity index (χ0) is 21.4. The van der Waals surface area contributed by atoms with Crippen LogP contribution in [0.1, 0.15) is 21.5 Å². The number of anilines is 1. The standard InChI is InChI=1S/C23H18FN5O2/c1-31-23(30)17-6-5-16(12-18(17)24)20-8-9-21-22(26-20)29(28-27-21)13-14-4-7-19-15(11-14)3-2-10-25-19/h2-9,11-12,25H,10,13H2,1H3. The fraction of sp³-hybridized carbons (Fsp3) is 0.130. The fourth-order valence-corrected chi connectivity index (χ4v) is 3.61. The Kier molecular flexibility index (Phi) is 4.66. The number of halogens is 1. The average molecular weight is 415 g/mol. The zero-order valence-electron chi connectivity index (χ0n) is 16.7. The minimum atomic E-state index is -0.718. The van der Waals surface area contributed by atoms with Gasteiger partial charge in [0.25, 0.3) is 0 Å². The number of carbonyl (C=O) groups excluding carboxylic acids is 1. The highest BCUT2D eigenvalue weighted by atomic mass is 19.1. The Hall–Kier alpha value is -4.07. The zero-order valence-corrected chi connectivity index (χ0v) is 16.7. The molecule has 31 heavy (non-hydrogen) atoms. The summed E-state index contributed by atoms with van der Waals surface area (Å²) in [5.41, 5.74) is 5.54. The first-order valence-electron chi connectivity index (χ1n) is 9.74. The number of carbonyl (C=O) groups is 1. The quantitative estimate of drug-likeness (QED) is 0.509. The van der Waals surface area contributed by atoms with E-state index in [0.29, 0.717) is 29.0 Å². The predicted octanol–water partition coefficient (Wildman–Crippen LogP) is 3.91. The van der Waals surface area contributed by atoms with Gasteiger partial charge in [-0.05, 0) is 47.5 Å². The molecule has 3 heterocycles. The van der Waals surface area contributed by atoms with Crippen molar-refractivity contribution in [1.82, 2.24) is 20.0 Å². The monoisotopic (exact) mass is 415 g/mol. The highest BCUT2D eigenvalue weighted by Gasteiger charge is 2.15. The first-order chi connectivity index (χ1) is 15.1. The van der Waals surface area contributed by atoms with Gasteiger partial charge in [0.15, 0.2) is 5.65 Å². The second kappa shape index (κ2) is 7.64. The second-order valence-corrected chi connectivity index (χ2v) is 7.18. The number of fused-ring (bicyclic) bond motifs is 2. The molecule has 1 aliphatic rings. The summed E-state index contributed by atoms with van der Waals surface area (Å²) in [4.78, 5) is 16.3. The Morgan fingerprint density at radius 1 is 1.19 bits per heavy atom. The maximum absolute atomic E-state index is 14.4. The number of nitrogens with zero attached hydrogens (tertiary/aromatic N) is 4. The normalized spacial score (nSPS) is 12.5. The van der Waals surface area contributed by atoms with E-state index in [1.54, 1.807) is 22.9 Å². The molecule has 154 valence electrons. The van der Waals surface area contributed by atoms with E-state index in [9.17, 15) is 9.18 Å². The molecule has 0 amide bonds. The molecule has 0 bridgehead atoms. The molecular formula is C23H18FN5O2. The van der Waals surface area contributed by atoms with Crippen molar-refractivity contribution in [3.8, 4) is 11.3 Å². The van der Waals surface area contributed by atoms with Gasteiger partial charge in [-0.3, -0.25) is 0 Å². The molecule has 0 fully saturated rings. The van der Waals surface area contributed by atoms with Gasteiger partial charge in [0.2, 0.25) is 0 Å². The van der Waals surface area contributed by atoms with Crippen LogP contribution in [-0.2, 0) is 11.3 Å². The smallest absolute Gasteiger partial charge is 0.340 e. The molecule has 7 nitrogen and oxygen atoms in total. The largest absolute Gasteiger partial charge is 0.465 e. The van der Waals surface area contributed by atoms with E-state index >= 15 is 0 Å². The van der Waals surface area contributed by atoms with Crippen molar-refractivity contribution in [2.24, 2.45) is 0 Å². The van der Waals surface area contributed by atoms with E-state index in [1.807, 2.05) is 6.07 Å². The van der Waals surface area contributed by atoms with Gasteiger partial charge in [0.1, 0.15) is 11.3 Å². The second-order valence-electron chi connectivity index (χ2n) is 7.18. The van der Waals surface area contributed by atoms with E-state index in [2.05, 4.69) is 49.6 Å². The maximum Gasteiger partial charge on any atom is 0.340 e. The number of rotatable bonds is 4. The molecule has 0 spiro atoms. The van der Waals surface area contributed by atoms with Gasteiger partial charge < -0.3 is 10.1 Å². The molecule has 8 heteroatoms. The molecule has 2 aromatic heterocycles. The third kappa shape index (κ3) is 3.52. The molecule has 0 unspecified atom stereocenters. The Balaban J connectivity index is 1.48. The highest BCUT2D eigenvalue weighted by Crippen LogP contribution is 2.25. The van der Waals surface area contributed by atoms with Crippen LogP contribution in [0.3, 0.4) is 0 Å². The minimum Gasteiger partial charge on any atom is -0.465 e. The van der Waals surface area contributed by atoms with Gasteiger partial charge in [0.05, 0.1) is 24.9 Å². The molecular weight excluding hydrogens is 397 g/mol. The lowest BCUT2D eigenvalue weighted by molar-refractivity contribution is 0.0595. The van der Waals surface area contributed by atoms with Gasteiger partial charge in [0, 0.05) is 17.8 Å². The van der Waals surface area contributed by atoms with Crippen molar-refractivity contribution >= 4 is 28.9 Å². The van der Waals surface area contributed by atoms with Crippen molar-refractivity contribution in [3.05, 3.63) is 77.1 Å². The summed E-state index contributed by atoms with van der Waals surface area (Å²) >= 11 is 0. The van der Waals surface area contributed by atoms with Crippen LogP contribution in [0.15, 0.2) is 54.6 Å². The number of ether oxygens (including phenoxy) is 1. The summed E-state index contributed by atoms with van der Waals surface area (Å²) in [5.74, 6) is -1.38. The van der Waals surface area contributed by atoms with E-state index in [0.717, 1.165) is 23.4 Å².